The summed E-state index contributed by atoms with van der Waals surface area (Å²) in [6.45, 7) is 0.258. The van der Waals surface area contributed by atoms with Crippen molar-refractivity contribution in [3.05, 3.63) is 69.6 Å². The third-order valence-electron chi connectivity index (χ3n) is 4.55. The first-order chi connectivity index (χ1) is 12.2. The first-order valence-electron chi connectivity index (χ1n) is 7.91. The molecule has 25 heavy (non-hydrogen) atoms. The smallest absolute Gasteiger partial charge is 0.231 e. The van der Waals surface area contributed by atoms with E-state index in [1.54, 1.807) is 0 Å². The molecule has 2 nitrogen and oxygen atoms in total. The van der Waals surface area contributed by atoms with Crippen molar-refractivity contribution in [2.24, 2.45) is 0 Å². The van der Waals surface area contributed by atoms with Crippen LogP contribution in [-0.2, 0) is 0 Å². The molecule has 0 N–H and O–H groups in total. The molecule has 0 bridgehead atoms. The Labute approximate surface area is 161 Å². The Morgan fingerprint density at radius 2 is 1.48 bits per heavy atom. The van der Waals surface area contributed by atoms with Crippen LogP contribution in [0.2, 0.25) is 0 Å². The van der Waals surface area contributed by atoms with Gasteiger partial charge >= 0.3 is 0 Å². The molecule has 0 amide bonds. The molecule has 0 aliphatic carbocycles. The highest BCUT2D eigenvalue weighted by molar-refractivity contribution is 9.10. The van der Waals surface area contributed by atoms with E-state index in [1.807, 2.05) is 6.07 Å². The van der Waals surface area contributed by atoms with Crippen molar-refractivity contribution in [1.29, 1.82) is 0 Å². The van der Waals surface area contributed by atoms with Gasteiger partial charge in [-0.2, -0.15) is 0 Å². The van der Waals surface area contributed by atoms with Gasteiger partial charge in [-0.05, 0) is 57.4 Å². The normalized spacial score (nSPS) is 12.9. The maximum absolute atomic E-state index is 5.86. The molecule has 0 unspecified atom stereocenters. The molecule has 1 aliphatic heterocycles. The lowest BCUT2D eigenvalue weighted by Gasteiger charge is -2.14. The average Bonchev–Trinajstić information content (AvgIpc) is 3.07. The summed E-state index contributed by atoms with van der Waals surface area (Å²) < 4.78 is 13.7. The summed E-state index contributed by atoms with van der Waals surface area (Å²) in [5.41, 5.74) is 2.22. The van der Waals surface area contributed by atoms with Gasteiger partial charge in [-0.3, -0.25) is 0 Å². The van der Waals surface area contributed by atoms with Crippen molar-refractivity contribution in [3.63, 3.8) is 0 Å². The molecule has 0 aromatic heterocycles. The van der Waals surface area contributed by atoms with E-state index in [2.05, 4.69) is 86.5 Å². The van der Waals surface area contributed by atoms with E-state index in [4.69, 9.17) is 9.47 Å². The lowest BCUT2D eigenvalue weighted by molar-refractivity contribution is 0.174. The van der Waals surface area contributed by atoms with Gasteiger partial charge in [0.1, 0.15) is 0 Å². The summed E-state index contributed by atoms with van der Waals surface area (Å²) in [7, 11) is 0. The predicted octanol–water partition coefficient (Wildman–Crippen LogP) is 6.91. The van der Waals surface area contributed by atoms with Crippen molar-refractivity contribution in [1.82, 2.24) is 0 Å². The molecule has 122 valence electrons. The van der Waals surface area contributed by atoms with Crippen LogP contribution in [-0.4, -0.2) is 6.79 Å². The maximum atomic E-state index is 5.86. The van der Waals surface area contributed by atoms with Crippen molar-refractivity contribution in [3.8, 4) is 22.6 Å². The third-order valence-corrected chi connectivity index (χ3v) is 5.54. The van der Waals surface area contributed by atoms with E-state index in [1.165, 1.54) is 10.8 Å². The molecule has 0 atom stereocenters. The van der Waals surface area contributed by atoms with Crippen LogP contribution in [0.25, 0.3) is 32.7 Å². The van der Waals surface area contributed by atoms with Crippen molar-refractivity contribution >= 4 is 53.4 Å². The van der Waals surface area contributed by atoms with Crippen LogP contribution >= 0.6 is 31.9 Å². The van der Waals surface area contributed by atoms with Gasteiger partial charge in [0.25, 0.3) is 0 Å². The van der Waals surface area contributed by atoms with E-state index in [0.29, 0.717) is 0 Å². The first kappa shape index (κ1) is 15.2. The molecule has 1 heterocycles. The molecule has 0 fully saturated rings. The number of hydrogen-bond donors (Lipinski definition) is 0. The standard InChI is InChI=1S/C21H12Br2O2/c22-14-6-4-12-2-1-3-16(17(12)9-14)20-18-10-15(23)7-5-13(18)8-19-21(20)25-11-24-19/h1-10H,11H2. The molecule has 0 saturated heterocycles. The second-order valence-corrected chi connectivity index (χ2v) is 7.85. The van der Waals surface area contributed by atoms with Crippen LogP contribution in [0.1, 0.15) is 0 Å². The van der Waals surface area contributed by atoms with E-state index in [9.17, 15) is 0 Å². The predicted molar refractivity (Wildman–Crippen MR) is 108 cm³/mol. The van der Waals surface area contributed by atoms with Crippen LogP contribution < -0.4 is 9.47 Å². The van der Waals surface area contributed by atoms with Crippen molar-refractivity contribution in [2.75, 3.05) is 6.79 Å². The number of halogens is 2. The fourth-order valence-corrected chi connectivity index (χ4v) is 4.18. The molecule has 4 aromatic carbocycles. The Hall–Kier alpha value is -2.04. The van der Waals surface area contributed by atoms with Crippen LogP contribution in [0.15, 0.2) is 69.6 Å². The van der Waals surface area contributed by atoms with E-state index >= 15 is 0 Å². The number of benzene rings is 4. The lowest BCUT2D eigenvalue weighted by Crippen LogP contribution is -1.94. The molecule has 4 aromatic rings. The second kappa shape index (κ2) is 5.75. The minimum atomic E-state index is 0.258. The third kappa shape index (κ3) is 2.43. The Morgan fingerprint density at radius 1 is 0.720 bits per heavy atom. The summed E-state index contributed by atoms with van der Waals surface area (Å²) in [6.07, 6.45) is 0. The zero-order valence-corrected chi connectivity index (χ0v) is 16.2. The van der Waals surface area contributed by atoms with Gasteiger partial charge in [-0.1, -0.05) is 62.2 Å². The van der Waals surface area contributed by atoms with Crippen LogP contribution in [0, 0.1) is 0 Å². The van der Waals surface area contributed by atoms with E-state index < -0.39 is 0 Å². The fraction of sp³-hybridized carbons (Fsp3) is 0.0476. The van der Waals surface area contributed by atoms with Gasteiger partial charge in [0.05, 0.1) is 0 Å². The summed E-state index contributed by atoms with van der Waals surface area (Å²) in [6, 6.07) is 21.1. The topological polar surface area (TPSA) is 18.5 Å². The monoisotopic (exact) mass is 454 g/mol. The van der Waals surface area contributed by atoms with Gasteiger partial charge in [0.2, 0.25) is 6.79 Å². The molecule has 5 rings (SSSR count). The molecule has 0 spiro atoms. The molecular formula is C21H12Br2O2. The van der Waals surface area contributed by atoms with Gasteiger partial charge in [-0.25, -0.2) is 0 Å². The lowest BCUT2D eigenvalue weighted by atomic mass is 9.93. The number of rotatable bonds is 1. The molecule has 4 heteroatoms. The zero-order valence-electron chi connectivity index (χ0n) is 13.1. The minimum Gasteiger partial charge on any atom is -0.454 e. The van der Waals surface area contributed by atoms with E-state index in [-0.39, 0.29) is 6.79 Å². The SMILES string of the molecule is Brc1ccc2cccc(-c3c4c(cc5ccc(Br)cc35)OCO4)c2c1. The van der Waals surface area contributed by atoms with Gasteiger partial charge < -0.3 is 9.47 Å². The van der Waals surface area contributed by atoms with Crippen LogP contribution in [0.3, 0.4) is 0 Å². The zero-order chi connectivity index (χ0) is 17.0. The summed E-state index contributed by atoms with van der Waals surface area (Å²) in [5, 5.41) is 4.66. The highest BCUT2D eigenvalue weighted by Crippen LogP contribution is 2.48. The van der Waals surface area contributed by atoms with Gasteiger partial charge in [-0.15, -0.1) is 0 Å². The number of fused-ring (bicyclic) bond motifs is 3. The highest BCUT2D eigenvalue weighted by Gasteiger charge is 2.23. The summed E-state index contributed by atoms with van der Waals surface area (Å²) >= 11 is 7.20. The minimum absolute atomic E-state index is 0.258. The largest absolute Gasteiger partial charge is 0.454 e. The average molecular weight is 456 g/mol. The highest BCUT2D eigenvalue weighted by atomic mass is 79.9. The molecule has 0 radical (unpaired) electrons. The Kier molecular flexibility index (Phi) is 3.50. The molecule has 0 saturated carbocycles. The van der Waals surface area contributed by atoms with E-state index in [0.717, 1.165) is 42.3 Å². The fourth-order valence-electron chi connectivity index (χ4n) is 3.46. The number of ether oxygens (including phenoxy) is 2. The molecular weight excluding hydrogens is 444 g/mol. The number of hydrogen-bond acceptors (Lipinski definition) is 2. The van der Waals surface area contributed by atoms with Crippen molar-refractivity contribution in [2.45, 2.75) is 0 Å². The van der Waals surface area contributed by atoms with Crippen LogP contribution in [0.4, 0.5) is 0 Å². The van der Waals surface area contributed by atoms with Gasteiger partial charge in [0, 0.05) is 14.5 Å². The Morgan fingerprint density at radius 3 is 2.32 bits per heavy atom. The summed E-state index contributed by atoms with van der Waals surface area (Å²) in [5.74, 6) is 1.62. The van der Waals surface area contributed by atoms with Crippen molar-refractivity contribution < 1.29 is 9.47 Å². The quantitative estimate of drug-likeness (QED) is 0.310. The second-order valence-electron chi connectivity index (χ2n) is 6.02. The van der Waals surface area contributed by atoms with Crippen LogP contribution in [0.5, 0.6) is 11.5 Å². The Bertz CT molecular complexity index is 1150. The Balaban J connectivity index is 1.96. The molecule has 1 aliphatic rings. The van der Waals surface area contributed by atoms with Gasteiger partial charge in [0.15, 0.2) is 11.5 Å². The maximum Gasteiger partial charge on any atom is 0.231 e. The summed E-state index contributed by atoms with van der Waals surface area (Å²) in [4.78, 5) is 0. The first-order valence-corrected chi connectivity index (χ1v) is 9.50.